The van der Waals surface area contributed by atoms with Crippen LogP contribution in [0.3, 0.4) is 0 Å². The molecule has 0 bridgehead atoms. The van der Waals surface area contributed by atoms with Crippen LogP contribution >= 0.6 is 0 Å². The van der Waals surface area contributed by atoms with E-state index in [-0.39, 0.29) is 12.4 Å². The van der Waals surface area contributed by atoms with Crippen LogP contribution in [-0.2, 0) is 13.2 Å². The molecule has 9 nitrogen and oxygen atoms in total. The summed E-state index contributed by atoms with van der Waals surface area (Å²) in [5.74, 6) is -5.15. The van der Waals surface area contributed by atoms with Crippen molar-refractivity contribution in [1.82, 2.24) is 19.3 Å². The molecule has 2 aromatic rings. The molecule has 2 aromatic heterocycles. The molecule has 0 aliphatic rings. The summed E-state index contributed by atoms with van der Waals surface area (Å²) in [6.07, 6.45) is -7.28. The van der Waals surface area contributed by atoms with Crippen molar-refractivity contribution in [3.63, 3.8) is 0 Å². The SMILES string of the molecule is CCn1c(CO)nn(-c2nc(O[C@@H](C)C(F)(F)F)c(C(=O)O)cc2F)c1=O. The van der Waals surface area contributed by atoms with E-state index in [9.17, 15) is 32.3 Å². The zero-order valence-corrected chi connectivity index (χ0v) is 14.0. The van der Waals surface area contributed by atoms with E-state index in [4.69, 9.17) is 5.11 Å². The Morgan fingerprint density at radius 2 is 2.04 bits per heavy atom. The normalized spacial score (nSPS) is 12.9. The number of aromatic nitrogens is 4. The second-order valence-electron chi connectivity index (χ2n) is 5.27. The Balaban J connectivity index is 2.66. The number of rotatable bonds is 6. The lowest BCUT2D eigenvalue weighted by atomic mass is 10.2. The number of carbonyl (C=O) groups is 1. The van der Waals surface area contributed by atoms with E-state index in [1.54, 1.807) is 6.92 Å². The number of aliphatic hydroxyl groups excluding tert-OH is 1. The van der Waals surface area contributed by atoms with Crippen LogP contribution in [0.25, 0.3) is 5.82 Å². The highest BCUT2D eigenvalue weighted by atomic mass is 19.4. The minimum atomic E-state index is -4.84. The average molecular weight is 394 g/mol. The molecule has 0 aliphatic heterocycles. The number of aromatic carboxylic acids is 1. The van der Waals surface area contributed by atoms with Crippen molar-refractivity contribution in [3.8, 4) is 11.7 Å². The first kappa shape index (κ1) is 20.4. The van der Waals surface area contributed by atoms with Crippen molar-refractivity contribution < 1.29 is 37.3 Å². The summed E-state index contributed by atoms with van der Waals surface area (Å²) in [6, 6.07) is 0.374. The lowest BCUT2D eigenvalue weighted by Gasteiger charge is -2.18. The van der Waals surface area contributed by atoms with E-state index >= 15 is 0 Å². The number of carboxylic acid groups (broad SMARTS) is 1. The van der Waals surface area contributed by atoms with Gasteiger partial charge in [-0.15, -0.1) is 5.10 Å². The fourth-order valence-electron chi connectivity index (χ4n) is 2.10. The lowest BCUT2D eigenvalue weighted by molar-refractivity contribution is -0.190. The maximum atomic E-state index is 14.3. The molecule has 13 heteroatoms. The summed E-state index contributed by atoms with van der Waals surface area (Å²) >= 11 is 0. The molecule has 2 heterocycles. The molecule has 0 fully saturated rings. The van der Waals surface area contributed by atoms with Crippen LogP contribution in [0.5, 0.6) is 5.88 Å². The molecule has 0 spiro atoms. The molecule has 0 aliphatic carbocycles. The second-order valence-corrected chi connectivity index (χ2v) is 5.27. The topological polar surface area (TPSA) is 119 Å². The molecule has 0 amide bonds. The molecule has 2 N–H and O–H groups in total. The summed E-state index contributed by atoms with van der Waals surface area (Å²) in [6.45, 7) is 1.55. The van der Waals surface area contributed by atoms with Gasteiger partial charge in [0, 0.05) is 6.54 Å². The molecule has 27 heavy (non-hydrogen) atoms. The summed E-state index contributed by atoms with van der Waals surface area (Å²) in [4.78, 5) is 26.9. The summed E-state index contributed by atoms with van der Waals surface area (Å²) in [5, 5.41) is 21.9. The van der Waals surface area contributed by atoms with Gasteiger partial charge in [-0.2, -0.15) is 22.8 Å². The second kappa shape index (κ2) is 7.34. The third kappa shape index (κ3) is 3.92. The summed E-state index contributed by atoms with van der Waals surface area (Å²) < 4.78 is 58.3. The van der Waals surface area contributed by atoms with Crippen molar-refractivity contribution >= 4 is 5.97 Å². The van der Waals surface area contributed by atoms with E-state index in [1.807, 2.05) is 0 Å². The van der Waals surface area contributed by atoms with Crippen molar-refractivity contribution in [2.24, 2.45) is 0 Å². The highest BCUT2D eigenvalue weighted by Gasteiger charge is 2.39. The number of ether oxygens (including phenoxy) is 1. The molecule has 0 unspecified atom stereocenters. The van der Waals surface area contributed by atoms with Gasteiger partial charge in [0.1, 0.15) is 12.2 Å². The third-order valence-corrected chi connectivity index (χ3v) is 3.50. The van der Waals surface area contributed by atoms with Gasteiger partial charge in [-0.3, -0.25) is 4.57 Å². The molecule has 148 valence electrons. The van der Waals surface area contributed by atoms with Gasteiger partial charge in [0.2, 0.25) is 5.88 Å². The van der Waals surface area contributed by atoms with Crippen molar-refractivity contribution in [2.45, 2.75) is 39.3 Å². The highest BCUT2D eigenvalue weighted by molar-refractivity contribution is 5.90. The standard InChI is InChI=1S/C14H14F4N4O5/c1-3-21-9(5-23)20-22(13(21)26)10-8(15)4-7(12(24)25)11(19-10)27-6(2)14(16,17)18/h4,6,23H,3,5H2,1-2H3,(H,24,25)/t6-/m0/s1. The Hall–Kier alpha value is -2.96. The predicted molar refractivity (Wildman–Crippen MR) is 80.3 cm³/mol. The molecule has 0 aromatic carbocycles. The average Bonchev–Trinajstić information content (AvgIpc) is 2.90. The van der Waals surface area contributed by atoms with E-state index in [0.717, 1.165) is 4.57 Å². The van der Waals surface area contributed by atoms with E-state index in [0.29, 0.717) is 17.7 Å². The number of halogens is 4. The quantitative estimate of drug-likeness (QED) is 0.705. The fourth-order valence-corrected chi connectivity index (χ4v) is 2.10. The van der Waals surface area contributed by atoms with Crippen LogP contribution < -0.4 is 10.4 Å². The van der Waals surface area contributed by atoms with Crippen LogP contribution in [0.1, 0.15) is 30.0 Å². The zero-order chi connectivity index (χ0) is 20.5. The van der Waals surface area contributed by atoms with Gasteiger partial charge >= 0.3 is 17.8 Å². The van der Waals surface area contributed by atoms with Crippen LogP contribution in [0.2, 0.25) is 0 Å². The number of aliphatic hydroxyl groups is 1. The Kier molecular flexibility index (Phi) is 5.54. The van der Waals surface area contributed by atoms with Gasteiger partial charge in [-0.1, -0.05) is 0 Å². The number of pyridine rings is 1. The smallest absolute Gasteiger partial charge is 0.425 e. The summed E-state index contributed by atoms with van der Waals surface area (Å²) in [7, 11) is 0. The van der Waals surface area contributed by atoms with Gasteiger partial charge in [-0.05, 0) is 19.9 Å². The Labute approximate surface area is 148 Å². The van der Waals surface area contributed by atoms with Gasteiger partial charge in [-0.25, -0.2) is 14.0 Å². The Bertz CT molecular complexity index is 921. The van der Waals surface area contributed by atoms with E-state index in [1.165, 1.54) is 0 Å². The monoisotopic (exact) mass is 394 g/mol. The Morgan fingerprint density at radius 3 is 2.48 bits per heavy atom. The minimum absolute atomic E-state index is 0.0675. The largest absolute Gasteiger partial charge is 0.477 e. The maximum Gasteiger partial charge on any atom is 0.425 e. The molecule has 0 saturated heterocycles. The van der Waals surface area contributed by atoms with Crippen molar-refractivity contribution in [2.75, 3.05) is 0 Å². The number of alkyl halides is 3. The minimum Gasteiger partial charge on any atom is -0.477 e. The molecule has 1 atom stereocenters. The Morgan fingerprint density at radius 1 is 1.41 bits per heavy atom. The van der Waals surface area contributed by atoms with Gasteiger partial charge < -0.3 is 14.9 Å². The first-order valence-electron chi connectivity index (χ1n) is 7.48. The molecule has 0 saturated carbocycles. The number of nitrogens with zero attached hydrogens (tertiary/aromatic N) is 4. The van der Waals surface area contributed by atoms with Gasteiger partial charge in [0.15, 0.2) is 23.6 Å². The van der Waals surface area contributed by atoms with Crippen molar-refractivity contribution in [3.05, 3.63) is 33.8 Å². The third-order valence-electron chi connectivity index (χ3n) is 3.50. The number of hydrogen-bond acceptors (Lipinski definition) is 6. The maximum absolute atomic E-state index is 14.3. The first-order valence-corrected chi connectivity index (χ1v) is 7.48. The predicted octanol–water partition coefficient (Wildman–Crippen LogP) is 1.11. The number of carboxylic acids is 1. The lowest BCUT2D eigenvalue weighted by Crippen LogP contribution is -2.32. The van der Waals surface area contributed by atoms with E-state index in [2.05, 4.69) is 14.8 Å². The zero-order valence-electron chi connectivity index (χ0n) is 14.0. The van der Waals surface area contributed by atoms with Crippen LogP contribution in [0.15, 0.2) is 10.9 Å². The highest BCUT2D eigenvalue weighted by Crippen LogP contribution is 2.27. The first-order chi connectivity index (χ1) is 12.5. The molecular formula is C14H14F4N4O5. The van der Waals surface area contributed by atoms with Crippen molar-refractivity contribution in [1.29, 1.82) is 0 Å². The van der Waals surface area contributed by atoms with Crippen LogP contribution in [-0.4, -0.2) is 47.8 Å². The van der Waals surface area contributed by atoms with Crippen LogP contribution in [0, 0.1) is 5.82 Å². The molecular weight excluding hydrogens is 380 g/mol. The summed E-state index contributed by atoms with van der Waals surface area (Å²) in [5.41, 5.74) is -1.89. The van der Waals surface area contributed by atoms with Gasteiger partial charge in [0.05, 0.1) is 0 Å². The molecule has 0 radical (unpaired) electrons. The fraction of sp³-hybridized carbons (Fsp3) is 0.429. The van der Waals surface area contributed by atoms with E-state index < -0.39 is 53.6 Å². The van der Waals surface area contributed by atoms with Gasteiger partial charge in [0.25, 0.3) is 0 Å². The molecule has 2 rings (SSSR count). The van der Waals surface area contributed by atoms with Crippen LogP contribution in [0.4, 0.5) is 17.6 Å². The number of hydrogen-bond donors (Lipinski definition) is 2.